The van der Waals surface area contributed by atoms with E-state index < -0.39 is 0 Å². The highest BCUT2D eigenvalue weighted by Gasteiger charge is 2.29. The number of H-pyrrole nitrogens is 1. The molecular formula is C34H34Cl2FN5O. The first-order valence-corrected chi connectivity index (χ1v) is 15.6. The van der Waals surface area contributed by atoms with E-state index in [2.05, 4.69) is 9.88 Å². The van der Waals surface area contributed by atoms with E-state index in [0.717, 1.165) is 72.3 Å². The predicted molar refractivity (Wildman–Crippen MR) is 172 cm³/mol. The Labute approximate surface area is 261 Å². The van der Waals surface area contributed by atoms with Gasteiger partial charge in [0, 0.05) is 59.6 Å². The number of aryl methyl sites for hydroxylation is 1. The third-order valence-corrected chi connectivity index (χ3v) is 8.85. The van der Waals surface area contributed by atoms with E-state index in [0.29, 0.717) is 41.1 Å². The normalized spacial score (nSPS) is 14.1. The maximum atomic E-state index is 13.9. The first-order valence-electron chi connectivity index (χ1n) is 14.8. The summed E-state index contributed by atoms with van der Waals surface area (Å²) in [6, 6.07) is 20.0. The second-order valence-corrected chi connectivity index (χ2v) is 11.8. The van der Waals surface area contributed by atoms with Crippen LogP contribution >= 0.6 is 23.2 Å². The number of aromatic amines is 1. The molecule has 1 aliphatic rings. The highest BCUT2D eigenvalue weighted by molar-refractivity contribution is 6.33. The Balaban J connectivity index is 1.13. The van der Waals surface area contributed by atoms with Gasteiger partial charge in [-0.25, -0.2) is 9.37 Å². The van der Waals surface area contributed by atoms with Crippen molar-refractivity contribution < 1.29 is 9.18 Å². The van der Waals surface area contributed by atoms with Crippen LogP contribution in [0.1, 0.15) is 41.5 Å². The van der Waals surface area contributed by atoms with Crippen molar-refractivity contribution >= 4 is 40.0 Å². The third-order valence-electron chi connectivity index (χ3n) is 8.27. The fraction of sp³-hybridized carbons (Fsp3) is 0.294. The van der Waals surface area contributed by atoms with Crippen molar-refractivity contribution in [2.75, 3.05) is 32.7 Å². The van der Waals surface area contributed by atoms with Gasteiger partial charge < -0.3 is 9.88 Å². The number of aromatic nitrogens is 3. The van der Waals surface area contributed by atoms with Crippen LogP contribution in [0.25, 0.3) is 28.0 Å². The van der Waals surface area contributed by atoms with Gasteiger partial charge in [-0.2, -0.15) is 0 Å². The Bertz CT molecular complexity index is 1740. The van der Waals surface area contributed by atoms with Crippen molar-refractivity contribution in [1.82, 2.24) is 24.3 Å². The summed E-state index contributed by atoms with van der Waals surface area (Å²) in [5.74, 6) is 0.387. The summed E-state index contributed by atoms with van der Waals surface area (Å²) in [5, 5.41) is 2.19. The molecule has 0 atom stereocenters. The molecule has 0 spiro atoms. The number of rotatable bonds is 9. The Morgan fingerprint density at radius 3 is 2.49 bits per heavy atom. The molecule has 1 N–H and O–H groups in total. The lowest BCUT2D eigenvalue weighted by molar-refractivity contribution is 0.0629. The van der Waals surface area contributed by atoms with Crippen LogP contribution in [0.15, 0.2) is 72.9 Å². The first kappa shape index (κ1) is 29.4. The number of nitrogens with one attached hydrogen (secondary N) is 1. The molecule has 0 bridgehead atoms. The van der Waals surface area contributed by atoms with E-state index in [4.69, 9.17) is 28.2 Å². The Hall–Kier alpha value is -3.65. The third kappa shape index (κ3) is 6.21. The van der Waals surface area contributed by atoms with Gasteiger partial charge in [0.25, 0.3) is 5.91 Å². The van der Waals surface area contributed by atoms with Gasteiger partial charge in [-0.15, -0.1) is 0 Å². The standard InChI is InChI=1S/C34H34Cl2FN5O/c1-2-31-32(39-33(27-8-3-4-9-29(27)36)42(31)26-13-10-24(35)11-14-26)34(43)41-19-17-40(18-20-41)16-6-5-7-23-22-38-30-15-12-25(37)21-28(23)30/h3-4,8-15,21-22,38H,2,5-7,16-20H2,1H3. The second kappa shape index (κ2) is 12.9. The lowest BCUT2D eigenvalue weighted by Crippen LogP contribution is -2.49. The van der Waals surface area contributed by atoms with Crippen molar-refractivity contribution in [3.05, 3.63) is 106 Å². The Kier molecular flexibility index (Phi) is 8.84. The van der Waals surface area contributed by atoms with Crippen LogP contribution in [0.3, 0.4) is 0 Å². The summed E-state index contributed by atoms with van der Waals surface area (Å²) < 4.78 is 15.7. The summed E-state index contributed by atoms with van der Waals surface area (Å²) in [5.41, 5.74) is 5.10. The molecule has 2 aromatic heterocycles. The quantitative estimate of drug-likeness (QED) is 0.172. The molecular weight excluding hydrogens is 584 g/mol. The number of amides is 1. The largest absolute Gasteiger partial charge is 0.361 e. The number of unbranched alkanes of at least 4 members (excludes halogenated alkanes) is 1. The monoisotopic (exact) mass is 617 g/mol. The van der Waals surface area contributed by atoms with Crippen LogP contribution in [0, 0.1) is 5.82 Å². The minimum atomic E-state index is -0.205. The molecule has 5 aromatic rings. The van der Waals surface area contributed by atoms with Gasteiger partial charge in [0.15, 0.2) is 5.69 Å². The molecule has 3 heterocycles. The minimum Gasteiger partial charge on any atom is -0.361 e. The van der Waals surface area contributed by atoms with Crippen LogP contribution in [0.2, 0.25) is 10.0 Å². The van der Waals surface area contributed by atoms with Crippen molar-refractivity contribution in [2.24, 2.45) is 0 Å². The fourth-order valence-electron chi connectivity index (χ4n) is 5.98. The zero-order chi connectivity index (χ0) is 29.9. The summed E-state index contributed by atoms with van der Waals surface area (Å²) in [6.07, 6.45) is 5.60. The van der Waals surface area contributed by atoms with E-state index in [1.54, 1.807) is 12.1 Å². The summed E-state index contributed by atoms with van der Waals surface area (Å²) in [6.45, 7) is 5.96. The molecule has 6 rings (SSSR count). The molecule has 43 heavy (non-hydrogen) atoms. The summed E-state index contributed by atoms with van der Waals surface area (Å²) >= 11 is 12.8. The zero-order valence-corrected chi connectivity index (χ0v) is 25.6. The number of carbonyl (C=O) groups is 1. The fourth-order valence-corrected chi connectivity index (χ4v) is 6.32. The zero-order valence-electron chi connectivity index (χ0n) is 24.1. The second-order valence-electron chi connectivity index (χ2n) is 11.0. The molecule has 1 amide bonds. The SMILES string of the molecule is CCc1c(C(=O)N2CCN(CCCCc3c[nH]c4ccc(F)cc34)CC2)nc(-c2ccccc2Cl)n1-c1ccc(Cl)cc1. The number of piperazine rings is 1. The van der Waals surface area contributed by atoms with Gasteiger partial charge >= 0.3 is 0 Å². The molecule has 0 radical (unpaired) electrons. The van der Waals surface area contributed by atoms with E-state index in [9.17, 15) is 9.18 Å². The topological polar surface area (TPSA) is 57.2 Å². The number of nitrogens with zero attached hydrogens (tertiary/aromatic N) is 4. The average molecular weight is 619 g/mol. The van der Waals surface area contributed by atoms with Crippen LogP contribution in [0.5, 0.6) is 0 Å². The smallest absolute Gasteiger partial charge is 0.274 e. The van der Waals surface area contributed by atoms with Crippen LogP contribution in [-0.2, 0) is 12.8 Å². The molecule has 0 aliphatic carbocycles. The Morgan fingerprint density at radius 1 is 0.977 bits per heavy atom. The van der Waals surface area contributed by atoms with E-state index >= 15 is 0 Å². The van der Waals surface area contributed by atoms with Crippen molar-refractivity contribution in [3.8, 4) is 17.1 Å². The molecule has 0 saturated carbocycles. The highest BCUT2D eigenvalue weighted by Crippen LogP contribution is 2.33. The number of carbonyl (C=O) groups excluding carboxylic acids is 1. The van der Waals surface area contributed by atoms with Gasteiger partial charge in [-0.1, -0.05) is 42.3 Å². The summed E-state index contributed by atoms with van der Waals surface area (Å²) in [7, 11) is 0. The van der Waals surface area contributed by atoms with Gasteiger partial charge in [-0.3, -0.25) is 14.3 Å². The van der Waals surface area contributed by atoms with Crippen LogP contribution < -0.4 is 0 Å². The van der Waals surface area contributed by atoms with Gasteiger partial charge in [0.1, 0.15) is 11.6 Å². The lowest BCUT2D eigenvalue weighted by atomic mass is 10.1. The minimum absolute atomic E-state index is 0.0518. The highest BCUT2D eigenvalue weighted by atomic mass is 35.5. The maximum absolute atomic E-state index is 13.9. The van der Waals surface area contributed by atoms with Crippen LogP contribution in [0.4, 0.5) is 4.39 Å². The number of hydrogen-bond donors (Lipinski definition) is 1. The van der Waals surface area contributed by atoms with Crippen molar-refractivity contribution in [2.45, 2.75) is 32.6 Å². The van der Waals surface area contributed by atoms with Crippen LogP contribution in [-0.4, -0.2) is 63.0 Å². The van der Waals surface area contributed by atoms with Crippen molar-refractivity contribution in [1.29, 1.82) is 0 Å². The number of halogens is 3. The van der Waals surface area contributed by atoms with E-state index in [1.807, 2.05) is 71.1 Å². The molecule has 1 fully saturated rings. The average Bonchev–Trinajstić information content (AvgIpc) is 3.61. The van der Waals surface area contributed by atoms with E-state index in [1.165, 1.54) is 6.07 Å². The van der Waals surface area contributed by atoms with Crippen molar-refractivity contribution in [3.63, 3.8) is 0 Å². The van der Waals surface area contributed by atoms with Gasteiger partial charge in [0.05, 0.1) is 10.7 Å². The first-order chi connectivity index (χ1) is 20.9. The number of fused-ring (bicyclic) bond motifs is 1. The molecule has 0 unspecified atom stereocenters. The maximum Gasteiger partial charge on any atom is 0.274 e. The summed E-state index contributed by atoms with van der Waals surface area (Å²) in [4.78, 5) is 26.4. The number of hydrogen-bond acceptors (Lipinski definition) is 3. The number of imidazole rings is 1. The number of benzene rings is 3. The Morgan fingerprint density at radius 2 is 1.74 bits per heavy atom. The molecule has 9 heteroatoms. The molecule has 3 aromatic carbocycles. The van der Waals surface area contributed by atoms with Gasteiger partial charge in [0.2, 0.25) is 0 Å². The predicted octanol–water partition coefficient (Wildman–Crippen LogP) is 7.81. The van der Waals surface area contributed by atoms with Gasteiger partial charge in [-0.05, 0) is 92.4 Å². The molecule has 1 aliphatic heterocycles. The lowest BCUT2D eigenvalue weighted by Gasteiger charge is -2.34. The van der Waals surface area contributed by atoms with E-state index in [-0.39, 0.29) is 11.7 Å². The molecule has 1 saturated heterocycles. The molecule has 222 valence electrons. The molecule has 6 nitrogen and oxygen atoms in total.